The molecule has 3 rings (SSSR count). The van der Waals surface area contributed by atoms with Crippen LogP contribution in [0.5, 0.6) is 11.5 Å². The van der Waals surface area contributed by atoms with Gasteiger partial charge in [-0.05, 0) is 92.8 Å². The molecule has 0 aliphatic heterocycles. The summed E-state index contributed by atoms with van der Waals surface area (Å²) >= 11 is 0. The van der Waals surface area contributed by atoms with Crippen molar-refractivity contribution in [1.82, 2.24) is 0 Å². The zero-order valence-electron chi connectivity index (χ0n) is 21.1. The summed E-state index contributed by atoms with van der Waals surface area (Å²) < 4.78 is 10.9. The lowest BCUT2D eigenvalue weighted by Gasteiger charge is -2.11. The largest absolute Gasteiger partial charge is 0.457 e. The first-order valence-corrected chi connectivity index (χ1v) is 11.9. The fourth-order valence-electron chi connectivity index (χ4n) is 3.54. The van der Waals surface area contributed by atoms with Gasteiger partial charge in [-0.25, -0.2) is 0 Å². The van der Waals surface area contributed by atoms with Gasteiger partial charge in [0.1, 0.15) is 11.5 Å². The molecule has 0 saturated carbocycles. The van der Waals surface area contributed by atoms with E-state index >= 15 is 0 Å². The monoisotopic (exact) mass is 488 g/mol. The van der Waals surface area contributed by atoms with Crippen LogP contribution < -0.4 is 15.4 Å². The minimum Gasteiger partial charge on any atom is -0.457 e. The molecule has 36 heavy (non-hydrogen) atoms. The van der Waals surface area contributed by atoms with E-state index in [-0.39, 0.29) is 25.4 Å². The Morgan fingerprint density at radius 2 is 1.36 bits per heavy atom. The molecule has 3 aromatic carbocycles. The number of nitrogens with one attached hydrogen (secondary N) is 2. The standard InChI is InChI=1S/C29H32N2O5/c1-19-11-14-25(17-22(19)4)36-24-15-12-23(13-16-24)30-26(32)9-6-10-28(34)35-18-27(33)31-29-20(2)7-5-8-21(29)3/h5,7-8,11-17H,6,9-10,18H2,1-4H3,(H,30,32)(H,31,33). The number of carbonyl (C=O) groups excluding carboxylic acids is 3. The van der Waals surface area contributed by atoms with E-state index in [1.165, 1.54) is 5.56 Å². The summed E-state index contributed by atoms with van der Waals surface area (Å²) in [6.07, 6.45) is 0.522. The average Bonchev–Trinajstić information content (AvgIpc) is 2.84. The number of carbonyl (C=O) groups is 3. The number of anilines is 2. The Morgan fingerprint density at radius 1 is 0.694 bits per heavy atom. The van der Waals surface area contributed by atoms with E-state index in [4.69, 9.17) is 9.47 Å². The molecule has 0 bridgehead atoms. The van der Waals surface area contributed by atoms with Crippen LogP contribution in [0.25, 0.3) is 0 Å². The minimum absolute atomic E-state index is 0.0484. The number of aryl methyl sites for hydroxylation is 4. The van der Waals surface area contributed by atoms with E-state index < -0.39 is 11.9 Å². The fourth-order valence-corrected chi connectivity index (χ4v) is 3.54. The summed E-state index contributed by atoms with van der Waals surface area (Å²) in [4.78, 5) is 36.3. The molecule has 188 valence electrons. The molecule has 0 saturated heterocycles. The van der Waals surface area contributed by atoms with Crippen molar-refractivity contribution >= 4 is 29.2 Å². The molecule has 0 fully saturated rings. The smallest absolute Gasteiger partial charge is 0.306 e. The first-order chi connectivity index (χ1) is 17.2. The molecule has 7 heteroatoms. The highest BCUT2D eigenvalue weighted by molar-refractivity contribution is 5.94. The summed E-state index contributed by atoms with van der Waals surface area (Å²) in [5.74, 6) is 0.291. The van der Waals surface area contributed by atoms with Crippen molar-refractivity contribution in [2.45, 2.75) is 47.0 Å². The summed E-state index contributed by atoms with van der Waals surface area (Å²) in [6, 6.07) is 18.7. The summed E-state index contributed by atoms with van der Waals surface area (Å²) in [5.41, 5.74) is 5.58. The molecule has 0 heterocycles. The second-order valence-electron chi connectivity index (χ2n) is 8.75. The number of hydrogen-bond acceptors (Lipinski definition) is 5. The van der Waals surface area contributed by atoms with Gasteiger partial charge < -0.3 is 20.1 Å². The number of amides is 2. The van der Waals surface area contributed by atoms with Crippen LogP contribution in [0.2, 0.25) is 0 Å². The van der Waals surface area contributed by atoms with Crippen LogP contribution in [-0.4, -0.2) is 24.4 Å². The molecule has 0 aliphatic rings. The molecule has 0 atom stereocenters. The average molecular weight is 489 g/mol. The van der Waals surface area contributed by atoms with Crippen LogP contribution in [0, 0.1) is 27.7 Å². The highest BCUT2D eigenvalue weighted by atomic mass is 16.5. The Kier molecular flexibility index (Phi) is 9.22. The fraction of sp³-hybridized carbons (Fsp3) is 0.276. The van der Waals surface area contributed by atoms with Gasteiger partial charge in [0.25, 0.3) is 5.91 Å². The third-order valence-corrected chi connectivity index (χ3v) is 5.75. The van der Waals surface area contributed by atoms with Gasteiger partial charge in [-0.15, -0.1) is 0 Å². The van der Waals surface area contributed by atoms with Gasteiger partial charge in [-0.2, -0.15) is 0 Å². The highest BCUT2D eigenvalue weighted by Gasteiger charge is 2.12. The maximum atomic E-state index is 12.2. The lowest BCUT2D eigenvalue weighted by Crippen LogP contribution is -2.22. The highest BCUT2D eigenvalue weighted by Crippen LogP contribution is 2.25. The summed E-state index contributed by atoms with van der Waals surface area (Å²) in [5, 5.41) is 5.57. The van der Waals surface area contributed by atoms with Gasteiger partial charge in [-0.3, -0.25) is 14.4 Å². The molecule has 2 amide bonds. The number of hydrogen-bond donors (Lipinski definition) is 2. The van der Waals surface area contributed by atoms with Crippen molar-refractivity contribution < 1.29 is 23.9 Å². The molecular weight excluding hydrogens is 456 g/mol. The van der Waals surface area contributed by atoms with Gasteiger partial charge >= 0.3 is 5.97 Å². The third-order valence-electron chi connectivity index (χ3n) is 5.75. The Balaban J connectivity index is 1.35. The van der Waals surface area contributed by atoms with Crippen molar-refractivity contribution in [3.8, 4) is 11.5 Å². The lowest BCUT2D eigenvalue weighted by molar-refractivity contribution is -0.147. The molecule has 0 aliphatic carbocycles. The summed E-state index contributed by atoms with van der Waals surface area (Å²) in [6.45, 7) is 7.51. The number of esters is 1. The Bertz CT molecular complexity index is 1210. The predicted molar refractivity (Wildman–Crippen MR) is 140 cm³/mol. The van der Waals surface area contributed by atoms with Crippen molar-refractivity contribution in [3.63, 3.8) is 0 Å². The van der Waals surface area contributed by atoms with E-state index in [0.717, 1.165) is 28.1 Å². The van der Waals surface area contributed by atoms with Crippen molar-refractivity contribution in [1.29, 1.82) is 0 Å². The Morgan fingerprint density at radius 3 is 2.03 bits per heavy atom. The third kappa shape index (κ3) is 7.98. The molecule has 3 aromatic rings. The predicted octanol–water partition coefficient (Wildman–Crippen LogP) is 6.00. The van der Waals surface area contributed by atoms with E-state index in [9.17, 15) is 14.4 Å². The van der Waals surface area contributed by atoms with Gasteiger partial charge in [0.05, 0.1) is 0 Å². The summed E-state index contributed by atoms with van der Waals surface area (Å²) in [7, 11) is 0. The Hall–Kier alpha value is -4.13. The molecule has 0 spiro atoms. The first kappa shape index (κ1) is 26.5. The molecule has 2 N–H and O–H groups in total. The number of rotatable bonds is 10. The van der Waals surface area contributed by atoms with Gasteiger partial charge in [-0.1, -0.05) is 24.3 Å². The maximum Gasteiger partial charge on any atom is 0.306 e. The molecule has 0 aromatic heterocycles. The van der Waals surface area contributed by atoms with Crippen LogP contribution >= 0.6 is 0 Å². The van der Waals surface area contributed by atoms with Crippen LogP contribution in [0.15, 0.2) is 60.7 Å². The molecule has 0 radical (unpaired) electrons. The number of benzene rings is 3. The van der Waals surface area contributed by atoms with Crippen molar-refractivity contribution in [2.75, 3.05) is 17.2 Å². The number of para-hydroxylation sites is 1. The Labute approximate surface area is 211 Å². The lowest BCUT2D eigenvalue weighted by atomic mass is 10.1. The van der Waals surface area contributed by atoms with Crippen LogP contribution in [-0.2, 0) is 19.1 Å². The van der Waals surface area contributed by atoms with E-state index in [2.05, 4.69) is 10.6 Å². The van der Waals surface area contributed by atoms with E-state index in [0.29, 0.717) is 17.9 Å². The van der Waals surface area contributed by atoms with Crippen molar-refractivity contribution in [2.24, 2.45) is 0 Å². The molecular formula is C29H32N2O5. The quantitative estimate of drug-likeness (QED) is 0.341. The maximum absolute atomic E-state index is 12.2. The molecule has 7 nitrogen and oxygen atoms in total. The number of ether oxygens (including phenoxy) is 2. The van der Waals surface area contributed by atoms with E-state index in [1.807, 2.05) is 64.1 Å². The van der Waals surface area contributed by atoms with Gasteiger partial charge in [0, 0.05) is 24.2 Å². The topological polar surface area (TPSA) is 93.7 Å². The normalized spacial score (nSPS) is 10.4. The zero-order valence-corrected chi connectivity index (χ0v) is 21.1. The zero-order chi connectivity index (χ0) is 26.1. The molecule has 0 unspecified atom stereocenters. The minimum atomic E-state index is -0.521. The van der Waals surface area contributed by atoms with E-state index in [1.54, 1.807) is 24.3 Å². The van der Waals surface area contributed by atoms with Crippen LogP contribution in [0.4, 0.5) is 11.4 Å². The van der Waals surface area contributed by atoms with Crippen molar-refractivity contribution in [3.05, 3.63) is 82.9 Å². The second kappa shape index (κ2) is 12.5. The first-order valence-electron chi connectivity index (χ1n) is 11.9. The SMILES string of the molecule is Cc1ccc(Oc2ccc(NC(=O)CCCC(=O)OCC(=O)Nc3c(C)cccc3C)cc2)cc1C. The second-order valence-corrected chi connectivity index (χ2v) is 8.75. The van der Waals surface area contributed by atoms with Crippen LogP contribution in [0.1, 0.15) is 41.5 Å². The van der Waals surface area contributed by atoms with Gasteiger partial charge in [0.15, 0.2) is 6.61 Å². The van der Waals surface area contributed by atoms with Crippen LogP contribution in [0.3, 0.4) is 0 Å². The van der Waals surface area contributed by atoms with Gasteiger partial charge in [0.2, 0.25) is 5.91 Å².